The second-order valence-electron chi connectivity index (χ2n) is 14.6. The van der Waals surface area contributed by atoms with Gasteiger partial charge in [0.05, 0.1) is 11.2 Å². The largest absolute Gasteiger partial charge is 0.294 e. The molecule has 0 unspecified atom stereocenters. The van der Waals surface area contributed by atoms with Crippen LogP contribution in [0.5, 0.6) is 0 Å². The summed E-state index contributed by atoms with van der Waals surface area (Å²) in [4.78, 5) is 49.0. The average Bonchev–Trinajstić information content (AvgIpc) is 3.61. The molecule has 4 aromatic heterocycles. The summed E-state index contributed by atoms with van der Waals surface area (Å²) in [5.41, 5.74) is 6.66. The number of benzene rings is 7. The van der Waals surface area contributed by atoms with E-state index in [0.717, 1.165) is 55.4 Å². The Bertz CT molecular complexity index is 3500. The maximum atomic E-state index is 14.8. The molecule has 4 heterocycles. The molecule has 0 saturated heterocycles. The fraction of sp³-hybridized carbons (Fsp3) is 0. The molecule has 0 aliphatic rings. The first-order valence-corrected chi connectivity index (χ1v) is 19.6. The van der Waals surface area contributed by atoms with Crippen LogP contribution in [0.1, 0.15) is 0 Å². The molecule has 0 radical (unpaired) electrons. The van der Waals surface area contributed by atoms with E-state index in [0.29, 0.717) is 44.7 Å². The van der Waals surface area contributed by atoms with E-state index in [9.17, 15) is 9.59 Å². The van der Waals surface area contributed by atoms with Crippen molar-refractivity contribution in [2.75, 3.05) is 0 Å². The Morgan fingerprint density at radius 2 is 0.833 bits per heavy atom. The standard InChI is InChI=1S/C52H32N6O2/c59-51-44-30-37(33-14-5-1-6-15-33)25-28-40(44)42-32-46-43(31-45(42)52(60)58(51)38-20-11-4-12-21-38)41-22-13-29-53-50(41)57(46)39-26-23-36(24-27-39)49-55-47(34-16-7-2-8-17-34)54-48(56-49)35-18-9-3-10-19-35/h1-32H. The summed E-state index contributed by atoms with van der Waals surface area (Å²) in [6.07, 6.45) is 1.78. The van der Waals surface area contributed by atoms with Gasteiger partial charge in [-0.2, -0.15) is 0 Å². The van der Waals surface area contributed by atoms with Crippen molar-refractivity contribution in [3.8, 4) is 56.7 Å². The van der Waals surface area contributed by atoms with Crippen molar-refractivity contribution in [3.63, 3.8) is 0 Å². The van der Waals surface area contributed by atoms with Gasteiger partial charge in [0.1, 0.15) is 5.65 Å². The zero-order valence-corrected chi connectivity index (χ0v) is 32.0. The number of nitrogens with zero attached hydrogens (tertiary/aromatic N) is 6. The van der Waals surface area contributed by atoms with Gasteiger partial charge < -0.3 is 0 Å². The zero-order valence-electron chi connectivity index (χ0n) is 32.0. The van der Waals surface area contributed by atoms with E-state index in [4.69, 9.17) is 19.9 Å². The number of hydrogen-bond donors (Lipinski definition) is 0. The molecule has 0 spiro atoms. The molecule has 0 aliphatic carbocycles. The smallest absolute Gasteiger partial charge is 0.265 e. The van der Waals surface area contributed by atoms with Gasteiger partial charge >= 0.3 is 0 Å². The van der Waals surface area contributed by atoms with Crippen molar-refractivity contribution in [1.29, 1.82) is 0 Å². The molecule has 60 heavy (non-hydrogen) atoms. The molecule has 0 atom stereocenters. The average molecular weight is 773 g/mol. The Morgan fingerprint density at radius 1 is 0.333 bits per heavy atom. The molecule has 8 heteroatoms. The lowest BCUT2D eigenvalue weighted by molar-refractivity contribution is 0.976. The van der Waals surface area contributed by atoms with E-state index < -0.39 is 5.56 Å². The van der Waals surface area contributed by atoms with Crippen LogP contribution in [0.2, 0.25) is 0 Å². The predicted octanol–water partition coefficient (Wildman–Crippen LogP) is 10.8. The van der Waals surface area contributed by atoms with Crippen LogP contribution in [-0.4, -0.2) is 29.1 Å². The van der Waals surface area contributed by atoms with Crippen molar-refractivity contribution in [2.45, 2.75) is 0 Å². The summed E-state index contributed by atoms with van der Waals surface area (Å²) >= 11 is 0. The van der Waals surface area contributed by atoms with Crippen molar-refractivity contribution >= 4 is 43.5 Å². The van der Waals surface area contributed by atoms with Gasteiger partial charge in [0.2, 0.25) is 0 Å². The fourth-order valence-corrected chi connectivity index (χ4v) is 8.16. The summed E-state index contributed by atoms with van der Waals surface area (Å²) in [5, 5.41) is 3.95. The summed E-state index contributed by atoms with van der Waals surface area (Å²) in [6, 6.07) is 60.8. The van der Waals surface area contributed by atoms with Crippen LogP contribution in [0.25, 0.3) is 100 Å². The van der Waals surface area contributed by atoms with E-state index in [1.807, 2.05) is 176 Å². The Morgan fingerprint density at radius 3 is 1.43 bits per heavy atom. The molecular formula is C52H32N6O2. The molecule has 0 aliphatic heterocycles. The molecule has 11 aromatic rings. The molecule has 8 nitrogen and oxygen atoms in total. The summed E-state index contributed by atoms with van der Waals surface area (Å²) < 4.78 is 3.41. The van der Waals surface area contributed by atoms with Gasteiger partial charge in [-0.1, -0.05) is 121 Å². The van der Waals surface area contributed by atoms with Crippen LogP contribution in [0, 0.1) is 0 Å². The lowest BCUT2D eigenvalue weighted by Crippen LogP contribution is -2.28. The summed E-state index contributed by atoms with van der Waals surface area (Å²) in [7, 11) is 0. The highest BCUT2D eigenvalue weighted by Gasteiger charge is 2.20. The van der Waals surface area contributed by atoms with Crippen LogP contribution in [-0.2, 0) is 0 Å². The Labute approximate surface area is 343 Å². The maximum Gasteiger partial charge on any atom is 0.265 e. The van der Waals surface area contributed by atoms with E-state index in [1.165, 1.54) is 4.57 Å². The second-order valence-corrected chi connectivity index (χ2v) is 14.6. The number of aromatic nitrogens is 6. The third-order valence-corrected chi connectivity index (χ3v) is 11.0. The fourth-order valence-electron chi connectivity index (χ4n) is 8.16. The highest BCUT2D eigenvalue weighted by atomic mass is 16.2. The van der Waals surface area contributed by atoms with Gasteiger partial charge in [-0.15, -0.1) is 0 Å². The van der Waals surface area contributed by atoms with Crippen LogP contribution < -0.4 is 11.1 Å². The highest BCUT2D eigenvalue weighted by molar-refractivity contribution is 6.17. The monoisotopic (exact) mass is 772 g/mol. The molecule has 11 rings (SSSR count). The first-order valence-electron chi connectivity index (χ1n) is 19.6. The lowest BCUT2D eigenvalue weighted by atomic mass is 9.99. The molecular weight excluding hydrogens is 741 g/mol. The SMILES string of the molecule is O=c1c2cc(-c3ccccc3)ccc2c2cc3c(cc2c(=O)n1-c1ccccc1)c1cccnc1n3-c1ccc(-c2nc(-c3ccccc3)nc(-c3ccccc3)n2)cc1. The van der Waals surface area contributed by atoms with Gasteiger partial charge in [-0.05, 0) is 88.6 Å². The van der Waals surface area contributed by atoms with Gasteiger partial charge in [0, 0.05) is 50.1 Å². The third kappa shape index (κ3) is 5.85. The van der Waals surface area contributed by atoms with Crippen molar-refractivity contribution in [3.05, 3.63) is 215 Å². The quantitative estimate of drug-likeness (QED) is 0.167. The van der Waals surface area contributed by atoms with Crippen molar-refractivity contribution in [1.82, 2.24) is 29.1 Å². The Balaban J connectivity index is 1.14. The molecule has 0 saturated carbocycles. The van der Waals surface area contributed by atoms with E-state index >= 15 is 0 Å². The normalized spacial score (nSPS) is 11.5. The van der Waals surface area contributed by atoms with Crippen molar-refractivity contribution in [2.24, 2.45) is 0 Å². The highest BCUT2D eigenvalue weighted by Crippen LogP contribution is 2.36. The van der Waals surface area contributed by atoms with Gasteiger partial charge in [0.15, 0.2) is 17.5 Å². The van der Waals surface area contributed by atoms with Gasteiger partial charge in [-0.3, -0.25) is 14.2 Å². The number of rotatable bonds is 6. The van der Waals surface area contributed by atoms with Crippen molar-refractivity contribution < 1.29 is 0 Å². The van der Waals surface area contributed by atoms with Crippen LogP contribution >= 0.6 is 0 Å². The van der Waals surface area contributed by atoms with E-state index in [-0.39, 0.29) is 5.56 Å². The van der Waals surface area contributed by atoms with Crippen LogP contribution in [0.3, 0.4) is 0 Å². The molecule has 0 bridgehead atoms. The van der Waals surface area contributed by atoms with Crippen LogP contribution in [0.4, 0.5) is 0 Å². The number of fused-ring (bicyclic) bond motifs is 6. The van der Waals surface area contributed by atoms with Gasteiger partial charge in [-0.25, -0.2) is 24.5 Å². The summed E-state index contributed by atoms with van der Waals surface area (Å²) in [6.45, 7) is 0. The number of hydrogen-bond acceptors (Lipinski definition) is 6. The summed E-state index contributed by atoms with van der Waals surface area (Å²) in [5.74, 6) is 1.73. The van der Waals surface area contributed by atoms with E-state index in [1.54, 1.807) is 18.3 Å². The topological polar surface area (TPSA) is 95.6 Å². The maximum absolute atomic E-state index is 14.8. The molecule has 0 N–H and O–H groups in total. The molecule has 7 aromatic carbocycles. The Hall–Kier alpha value is -8.36. The second kappa shape index (κ2) is 14.2. The van der Waals surface area contributed by atoms with Crippen LogP contribution in [0.15, 0.2) is 204 Å². The minimum atomic E-state index is -0.392. The molecule has 0 fully saturated rings. The Kier molecular flexibility index (Phi) is 8.27. The zero-order chi connectivity index (χ0) is 40.2. The van der Waals surface area contributed by atoms with E-state index in [2.05, 4.69) is 4.57 Å². The molecule has 282 valence electrons. The minimum Gasteiger partial charge on any atom is -0.294 e. The molecule has 0 amide bonds. The third-order valence-electron chi connectivity index (χ3n) is 11.0. The first-order chi connectivity index (χ1) is 29.6. The predicted molar refractivity (Wildman–Crippen MR) is 241 cm³/mol. The minimum absolute atomic E-state index is 0.381. The number of pyridine rings is 1. The van der Waals surface area contributed by atoms with Gasteiger partial charge in [0.25, 0.3) is 11.1 Å². The number of para-hydroxylation sites is 1. The lowest BCUT2D eigenvalue weighted by Gasteiger charge is -2.10. The first kappa shape index (κ1) is 34.9.